The van der Waals surface area contributed by atoms with Crippen LogP contribution >= 0.6 is 15.6 Å². The van der Waals surface area contributed by atoms with Gasteiger partial charge in [0.2, 0.25) is 0 Å². The maximum atomic E-state index is 12.4. The third-order valence-corrected chi connectivity index (χ3v) is 9.92. The molecule has 0 spiro atoms. The Morgan fingerprint density at radius 3 is 2.28 bits per heavy atom. The van der Waals surface area contributed by atoms with Gasteiger partial charge >= 0.3 is 15.6 Å². The Morgan fingerprint density at radius 1 is 1.10 bits per heavy atom. The van der Waals surface area contributed by atoms with E-state index in [1.165, 1.54) is 5.57 Å². The van der Waals surface area contributed by atoms with Crippen LogP contribution in [0.1, 0.15) is 86.5 Å². The highest BCUT2D eigenvalue weighted by molar-refractivity contribution is 7.60. The molecule has 0 heterocycles. The Labute approximate surface area is 175 Å². The summed E-state index contributed by atoms with van der Waals surface area (Å²) in [5.41, 5.74) is 0.316. The van der Waals surface area contributed by atoms with Crippen LogP contribution in [-0.2, 0) is 18.0 Å². The monoisotopic (exact) mass is 452 g/mol. The number of hydrogen-bond acceptors (Lipinski definition) is 4. The molecule has 2 fully saturated rings. The zero-order chi connectivity index (χ0) is 22.3. The van der Waals surface area contributed by atoms with Crippen LogP contribution in [0.15, 0.2) is 11.6 Å². The first-order chi connectivity index (χ1) is 13.0. The van der Waals surface area contributed by atoms with Crippen molar-refractivity contribution in [2.45, 2.75) is 92.1 Å². The Morgan fingerprint density at radius 2 is 1.72 bits per heavy atom. The summed E-state index contributed by atoms with van der Waals surface area (Å²) < 4.78 is 33.3. The van der Waals surface area contributed by atoms with E-state index in [0.717, 1.165) is 38.5 Å². The fourth-order valence-corrected chi connectivity index (χ4v) is 8.24. The molecule has 170 valence electrons. The predicted molar refractivity (Wildman–Crippen MR) is 113 cm³/mol. The van der Waals surface area contributed by atoms with Gasteiger partial charge in [-0.3, -0.25) is 4.52 Å². The molecule has 29 heavy (non-hydrogen) atoms. The molecule has 0 amide bonds. The minimum atomic E-state index is -5.15. The van der Waals surface area contributed by atoms with Crippen molar-refractivity contribution in [2.75, 3.05) is 0 Å². The molecular formula is C20H38O7P2. The number of rotatable bonds is 7. The molecule has 0 aromatic carbocycles. The Hall–Kier alpha value is -0.0000000000000000416. The van der Waals surface area contributed by atoms with Crippen molar-refractivity contribution in [1.82, 2.24) is 0 Å². The normalized spacial score (nSPS) is 37.6. The molecule has 7 nitrogen and oxygen atoms in total. The summed E-state index contributed by atoms with van der Waals surface area (Å²) in [5.74, 6) is 0.418. The van der Waals surface area contributed by atoms with Crippen LogP contribution in [0.4, 0.5) is 0 Å². The number of fused-ring (bicyclic) bond motifs is 1. The number of allylic oxidation sites excluding steroid dienone is 2. The van der Waals surface area contributed by atoms with Gasteiger partial charge in [-0.2, -0.15) is 4.31 Å². The lowest BCUT2D eigenvalue weighted by molar-refractivity contribution is -0.163. The van der Waals surface area contributed by atoms with Crippen molar-refractivity contribution in [3.8, 4) is 0 Å². The van der Waals surface area contributed by atoms with E-state index in [-0.39, 0.29) is 16.7 Å². The van der Waals surface area contributed by atoms with E-state index in [9.17, 15) is 14.0 Å². The lowest BCUT2D eigenvalue weighted by Crippen LogP contribution is -2.58. The van der Waals surface area contributed by atoms with Crippen molar-refractivity contribution < 1.29 is 32.6 Å². The summed E-state index contributed by atoms with van der Waals surface area (Å²) in [6, 6.07) is 0. The van der Waals surface area contributed by atoms with Crippen molar-refractivity contribution in [3.63, 3.8) is 0 Å². The minimum absolute atomic E-state index is 0.0379. The molecule has 0 aliphatic heterocycles. The van der Waals surface area contributed by atoms with Gasteiger partial charge in [0.05, 0.1) is 5.60 Å². The molecule has 3 N–H and O–H groups in total. The van der Waals surface area contributed by atoms with Gasteiger partial charge in [-0.15, -0.1) is 0 Å². The van der Waals surface area contributed by atoms with Crippen LogP contribution in [0.2, 0.25) is 0 Å². The van der Waals surface area contributed by atoms with Gasteiger partial charge in [0.1, 0.15) is 0 Å². The van der Waals surface area contributed by atoms with E-state index in [2.05, 4.69) is 38.1 Å². The minimum Gasteiger partial charge on any atom is -0.302 e. The van der Waals surface area contributed by atoms with Crippen LogP contribution in [0.3, 0.4) is 0 Å². The summed E-state index contributed by atoms with van der Waals surface area (Å²) in [5, 5.41) is 0. The Kier molecular flexibility index (Phi) is 7.41. The fraction of sp³-hybridized carbons (Fsp3) is 0.900. The highest BCUT2D eigenvalue weighted by atomic mass is 31.3. The summed E-state index contributed by atoms with van der Waals surface area (Å²) in [7, 11) is -10.1. The highest BCUT2D eigenvalue weighted by Crippen LogP contribution is 2.67. The van der Waals surface area contributed by atoms with E-state index >= 15 is 0 Å². The first-order valence-corrected chi connectivity index (χ1v) is 13.5. The van der Waals surface area contributed by atoms with E-state index < -0.39 is 21.2 Å². The SMILES string of the molecule is C/C=C(\C)CC[C@@H]1[C@@]2(C)CCCC(C)(C)[C@@H]2CC[C@@]1(C)OP(=O)(O)OP(=O)(O)O. The van der Waals surface area contributed by atoms with Gasteiger partial charge in [-0.25, -0.2) is 9.13 Å². The van der Waals surface area contributed by atoms with Crippen LogP contribution in [0, 0.1) is 22.7 Å². The quantitative estimate of drug-likeness (QED) is 0.323. The summed E-state index contributed by atoms with van der Waals surface area (Å²) >= 11 is 0. The molecule has 0 radical (unpaired) electrons. The lowest BCUT2D eigenvalue weighted by Gasteiger charge is -2.62. The van der Waals surface area contributed by atoms with Gasteiger partial charge < -0.3 is 14.7 Å². The molecule has 2 saturated carbocycles. The molecule has 2 rings (SSSR count). The zero-order valence-electron chi connectivity index (χ0n) is 18.6. The van der Waals surface area contributed by atoms with Gasteiger partial charge in [0.25, 0.3) is 0 Å². The molecule has 9 heteroatoms. The van der Waals surface area contributed by atoms with Crippen LogP contribution < -0.4 is 0 Å². The molecule has 2 aliphatic rings. The predicted octanol–water partition coefficient (Wildman–Crippen LogP) is 5.96. The Bertz CT molecular complexity index is 728. The third-order valence-electron chi connectivity index (χ3n) is 7.59. The molecule has 0 saturated heterocycles. The first kappa shape index (κ1) is 25.3. The second kappa shape index (κ2) is 8.50. The van der Waals surface area contributed by atoms with E-state index in [1.807, 2.05) is 6.92 Å². The number of phosphoric acid groups is 2. The highest BCUT2D eigenvalue weighted by Gasteiger charge is 2.60. The maximum Gasteiger partial charge on any atom is 0.481 e. The topological polar surface area (TPSA) is 113 Å². The molecule has 2 aliphatic carbocycles. The van der Waals surface area contributed by atoms with Gasteiger partial charge in [0, 0.05) is 0 Å². The fourth-order valence-electron chi connectivity index (χ4n) is 6.28. The standard InChI is InChI=1S/C20H38O7P2/c1-7-15(2)9-10-17-19(5)13-8-12-18(3,4)16(19)11-14-20(17,6)26-29(24,25)27-28(21,22)23/h7,16-17H,8-14H2,1-6H3,(H,24,25)(H2,21,22,23)/b15-7+/t16-,17+,19-,20+/m0/s1. The second-order valence-corrected chi connectivity index (χ2v) is 12.9. The maximum absolute atomic E-state index is 12.4. The third kappa shape index (κ3) is 5.83. The van der Waals surface area contributed by atoms with Crippen molar-refractivity contribution in [2.24, 2.45) is 22.7 Å². The van der Waals surface area contributed by atoms with Crippen molar-refractivity contribution >= 4 is 15.6 Å². The van der Waals surface area contributed by atoms with Crippen molar-refractivity contribution in [3.05, 3.63) is 11.6 Å². The Balaban J connectivity index is 2.42. The summed E-state index contributed by atoms with van der Waals surface area (Å²) in [4.78, 5) is 28.1. The van der Waals surface area contributed by atoms with Crippen molar-refractivity contribution in [1.29, 1.82) is 0 Å². The van der Waals surface area contributed by atoms with Crippen LogP contribution in [0.5, 0.6) is 0 Å². The van der Waals surface area contributed by atoms with Crippen LogP contribution in [0.25, 0.3) is 0 Å². The van der Waals surface area contributed by atoms with E-state index in [1.54, 1.807) is 6.92 Å². The summed E-state index contributed by atoms with van der Waals surface area (Å²) in [6.07, 6.45) is 8.34. The van der Waals surface area contributed by atoms with Gasteiger partial charge in [-0.05, 0) is 82.0 Å². The summed E-state index contributed by atoms with van der Waals surface area (Å²) in [6.45, 7) is 12.7. The number of phosphoric ester groups is 1. The van der Waals surface area contributed by atoms with E-state index in [4.69, 9.17) is 14.3 Å². The lowest BCUT2D eigenvalue weighted by atomic mass is 9.45. The average molecular weight is 452 g/mol. The molecular weight excluding hydrogens is 414 g/mol. The largest absolute Gasteiger partial charge is 0.481 e. The van der Waals surface area contributed by atoms with Crippen LogP contribution in [-0.4, -0.2) is 20.3 Å². The molecule has 0 aromatic heterocycles. The second-order valence-electron chi connectivity index (χ2n) is 10.1. The molecule has 0 bridgehead atoms. The smallest absolute Gasteiger partial charge is 0.302 e. The first-order valence-electron chi connectivity index (χ1n) is 10.5. The van der Waals surface area contributed by atoms with E-state index in [0.29, 0.717) is 12.3 Å². The average Bonchev–Trinajstić information content (AvgIpc) is 2.49. The number of hydrogen-bond donors (Lipinski definition) is 3. The van der Waals surface area contributed by atoms with Gasteiger partial charge in [-0.1, -0.05) is 38.8 Å². The zero-order valence-corrected chi connectivity index (χ0v) is 20.3. The van der Waals surface area contributed by atoms with Gasteiger partial charge in [0.15, 0.2) is 0 Å². The molecule has 5 atom stereocenters. The molecule has 1 unspecified atom stereocenters. The molecule has 0 aromatic rings.